The number of nitrogens with zero attached hydrogens (tertiary/aromatic N) is 2. The van der Waals surface area contributed by atoms with E-state index in [9.17, 15) is 13.6 Å². The Hall–Kier alpha value is -2.43. The molecule has 1 heterocycles. The average molecular weight is 316 g/mol. The zero-order valence-electron chi connectivity index (χ0n) is 12.9. The van der Waals surface area contributed by atoms with E-state index in [-0.39, 0.29) is 11.7 Å². The van der Waals surface area contributed by atoms with Crippen molar-refractivity contribution in [3.63, 3.8) is 0 Å². The van der Waals surface area contributed by atoms with E-state index in [0.717, 1.165) is 5.56 Å². The van der Waals surface area contributed by atoms with Gasteiger partial charge in [0.1, 0.15) is 11.6 Å². The molecule has 3 rings (SSSR count). The van der Waals surface area contributed by atoms with Gasteiger partial charge in [-0.3, -0.25) is 4.79 Å². The molecule has 2 aromatic rings. The number of hydrogen-bond acceptors (Lipinski definition) is 2. The number of carbonyl (C=O) groups is 1. The van der Waals surface area contributed by atoms with Crippen molar-refractivity contribution in [2.75, 3.05) is 31.1 Å². The van der Waals surface area contributed by atoms with E-state index in [0.29, 0.717) is 37.4 Å². The van der Waals surface area contributed by atoms with Crippen LogP contribution in [0.1, 0.15) is 15.9 Å². The highest BCUT2D eigenvalue weighted by molar-refractivity contribution is 5.95. The van der Waals surface area contributed by atoms with Gasteiger partial charge in [-0.2, -0.15) is 0 Å². The first-order valence-corrected chi connectivity index (χ1v) is 7.61. The van der Waals surface area contributed by atoms with Gasteiger partial charge in [0.05, 0.1) is 5.69 Å². The maximum Gasteiger partial charge on any atom is 0.254 e. The highest BCUT2D eigenvalue weighted by atomic mass is 19.1. The Balaban J connectivity index is 1.70. The van der Waals surface area contributed by atoms with Crippen LogP contribution in [0.3, 0.4) is 0 Å². The first-order chi connectivity index (χ1) is 11.1. The molecule has 1 saturated heterocycles. The van der Waals surface area contributed by atoms with Gasteiger partial charge in [-0.15, -0.1) is 0 Å². The van der Waals surface area contributed by atoms with E-state index in [1.807, 2.05) is 4.90 Å². The molecule has 3 nitrogen and oxygen atoms in total. The molecule has 0 unspecified atom stereocenters. The van der Waals surface area contributed by atoms with E-state index < -0.39 is 5.82 Å². The Labute approximate surface area is 134 Å². The lowest BCUT2D eigenvalue weighted by molar-refractivity contribution is 0.0745. The zero-order chi connectivity index (χ0) is 16.4. The highest BCUT2D eigenvalue weighted by Gasteiger charge is 2.24. The Kier molecular flexibility index (Phi) is 4.28. The molecule has 1 amide bonds. The second kappa shape index (κ2) is 6.36. The van der Waals surface area contributed by atoms with Crippen LogP contribution in [0.15, 0.2) is 42.5 Å². The van der Waals surface area contributed by atoms with Gasteiger partial charge in [-0.1, -0.05) is 18.2 Å². The summed E-state index contributed by atoms with van der Waals surface area (Å²) in [5.74, 6) is -0.840. The lowest BCUT2D eigenvalue weighted by Crippen LogP contribution is -2.49. The second-order valence-electron chi connectivity index (χ2n) is 5.69. The van der Waals surface area contributed by atoms with Gasteiger partial charge in [0.25, 0.3) is 5.91 Å². The fourth-order valence-corrected chi connectivity index (χ4v) is 2.85. The van der Waals surface area contributed by atoms with Crippen LogP contribution in [-0.4, -0.2) is 37.0 Å². The minimum Gasteiger partial charge on any atom is -0.366 e. The number of piperazine rings is 1. The fourth-order valence-electron chi connectivity index (χ4n) is 2.85. The summed E-state index contributed by atoms with van der Waals surface area (Å²) in [4.78, 5) is 16.2. The van der Waals surface area contributed by atoms with Gasteiger partial charge < -0.3 is 9.80 Å². The lowest BCUT2D eigenvalue weighted by Gasteiger charge is -2.36. The van der Waals surface area contributed by atoms with Crippen LogP contribution in [0.2, 0.25) is 0 Å². The maximum atomic E-state index is 13.8. The largest absolute Gasteiger partial charge is 0.366 e. The van der Waals surface area contributed by atoms with Crippen LogP contribution in [0.5, 0.6) is 0 Å². The standard InChI is InChI=1S/C18H18F2N2O/c1-13-6-7-14(19)12-15(13)18(23)22-10-8-21(9-11-22)17-5-3-2-4-16(17)20/h2-7,12H,8-11H2,1H3. The van der Waals surface area contributed by atoms with Crippen LogP contribution in [-0.2, 0) is 0 Å². The molecular weight excluding hydrogens is 298 g/mol. The van der Waals surface area contributed by atoms with Gasteiger partial charge in [0.15, 0.2) is 0 Å². The Morgan fingerprint density at radius 1 is 1.00 bits per heavy atom. The van der Waals surface area contributed by atoms with Crippen molar-refractivity contribution in [3.05, 3.63) is 65.2 Å². The van der Waals surface area contributed by atoms with Crippen molar-refractivity contribution < 1.29 is 13.6 Å². The van der Waals surface area contributed by atoms with Gasteiger partial charge in [0.2, 0.25) is 0 Å². The van der Waals surface area contributed by atoms with Crippen molar-refractivity contribution in [1.82, 2.24) is 4.90 Å². The molecule has 0 atom stereocenters. The predicted octanol–water partition coefficient (Wildman–Crippen LogP) is 3.24. The number of benzene rings is 2. The molecule has 0 saturated carbocycles. The molecule has 0 aliphatic carbocycles. The number of para-hydroxylation sites is 1. The third kappa shape index (κ3) is 3.18. The van der Waals surface area contributed by atoms with E-state index in [1.165, 1.54) is 18.2 Å². The third-order valence-corrected chi connectivity index (χ3v) is 4.19. The quantitative estimate of drug-likeness (QED) is 0.849. The summed E-state index contributed by atoms with van der Waals surface area (Å²) < 4.78 is 27.2. The van der Waals surface area contributed by atoms with Crippen LogP contribution in [0.25, 0.3) is 0 Å². The van der Waals surface area contributed by atoms with Crippen molar-refractivity contribution >= 4 is 11.6 Å². The minimum absolute atomic E-state index is 0.171. The Morgan fingerprint density at radius 3 is 2.39 bits per heavy atom. The number of amides is 1. The number of carbonyl (C=O) groups excluding carboxylic acids is 1. The smallest absolute Gasteiger partial charge is 0.254 e. The average Bonchev–Trinajstić information content (AvgIpc) is 2.57. The van der Waals surface area contributed by atoms with Crippen LogP contribution < -0.4 is 4.90 Å². The van der Waals surface area contributed by atoms with E-state index in [1.54, 1.807) is 36.1 Å². The molecule has 5 heteroatoms. The molecule has 1 aliphatic rings. The van der Waals surface area contributed by atoms with Crippen molar-refractivity contribution in [3.8, 4) is 0 Å². The molecule has 120 valence electrons. The topological polar surface area (TPSA) is 23.6 Å². The monoisotopic (exact) mass is 316 g/mol. The van der Waals surface area contributed by atoms with Crippen molar-refractivity contribution in [2.45, 2.75) is 6.92 Å². The van der Waals surface area contributed by atoms with E-state index in [4.69, 9.17) is 0 Å². The summed E-state index contributed by atoms with van der Waals surface area (Å²) in [7, 11) is 0. The van der Waals surface area contributed by atoms with Crippen LogP contribution in [0.4, 0.5) is 14.5 Å². The number of rotatable bonds is 2. The zero-order valence-corrected chi connectivity index (χ0v) is 12.9. The number of aryl methyl sites for hydroxylation is 1. The van der Waals surface area contributed by atoms with Gasteiger partial charge >= 0.3 is 0 Å². The van der Waals surface area contributed by atoms with Gasteiger partial charge in [-0.25, -0.2) is 8.78 Å². The summed E-state index contributed by atoms with van der Waals surface area (Å²) >= 11 is 0. The summed E-state index contributed by atoms with van der Waals surface area (Å²) in [5.41, 5.74) is 1.71. The van der Waals surface area contributed by atoms with Gasteiger partial charge in [0, 0.05) is 31.7 Å². The molecule has 2 aromatic carbocycles. The number of anilines is 1. The summed E-state index contributed by atoms with van der Waals surface area (Å²) in [6, 6.07) is 10.9. The fraction of sp³-hybridized carbons (Fsp3) is 0.278. The molecule has 0 aromatic heterocycles. The van der Waals surface area contributed by atoms with Crippen LogP contribution in [0, 0.1) is 18.6 Å². The maximum absolute atomic E-state index is 13.8. The molecule has 0 spiro atoms. The number of halogens is 2. The van der Waals surface area contributed by atoms with E-state index in [2.05, 4.69) is 0 Å². The predicted molar refractivity (Wildman–Crippen MR) is 85.7 cm³/mol. The SMILES string of the molecule is Cc1ccc(F)cc1C(=O)N1CCN(c2ccccc2F)CC1. The Bertz CT molecular complexity index is 725. The highest BCUT2D eigenvalue weighted by Crippen LogP contribution is 2.21. The molecule has 0 radical (unpaired) electrons. The normalized spacial score (nSPS) is 14.9. The van der Waals surface area contributed by atoms with E-state index >= 15 is 0 Å². The molecule has 23 heavy (non-hydrogen) atoms. The Morgan fingerprint density at radius 2 is 1.70 bits per heavy atom. The second-order valence-corrected chi connectivity index (χ2v) is 5.69. The van der Waals surface area contributed by atoms with Crippen LogP contribution >= 0.6 is 0 Å². The van der Waals surface area contributed by atoms with Crippen molar-refractivity contribution in [2.24, 2.45) is 0 Å². The summed E-state index contributed by atoms with van der Waals surface area (Å²) in [5, 5.41) is 0. The minimum atomic E-state index is -0.413. The molecular formula is C18H18F2N2O. The summed E-state index contributed by atoms with van der Waals surface area (Å²) in [6.45, 7) is 3.89. The first-order valence-electron chi connectivity index (χ1n) is 7.61. The van der Waals surface area contributed by atoms with Gasteiger partial charge in [-0.05, 0) is 36.8 Å². The van der Waals surface area contributed by atoms with Crippen molar-refractivity contribution in [1.29, 1.82) is 0 Å². The molecule has 1 aliphatic heterocycles. The lowest BCUT2D eigenvalue weighted by atomic mass is 10.1. The third-order valence-electron chi connectivity index (χ3n) is 4.19. The molecule has 0 N–H and O–H groups in total. The molecule has 1 fully saturated rings. The molecule has 0 bridgehead atoms. The number of hydrogen-bond donors (Lipinski definition) is 0. The summed E-state index contributed by atoms with van der Waals surface area (Å²) in [6.07, 6.45) is 0. The first kappa shape index (κ1) is 15.5.